The number of nitrogens with zero attached hydrogens (tertiary/aromatic N) is 1. The van der Waals surface area contributed by atoms with Crippen LogP contribution in [-0.4, -0.2) is 35.9 Å². The topological polar surface area (TPSA) is 58.6 Å². The molecule has 0 spiro atoms. The van der Waals surface area contributed by atoms with Gasteiger partial charge in [-0.05, 0) is 37.3 Å². The maximum absolute atomic E-state index is 13.2. The van der Waals surface area contributed by atoms with Crippen LogP contribution in [0.5, 0.6) is 5.75 Å². The van der Waals surface area contributed by atoms with E-state index >= 15 is 0 Å². The van der Waals surface area contributed by atoms with Gasteiger partial charge in [-0.25, -0.2) is 9.18 Å². The van der Waals surface area contributed by atoms with E-state index in [2.05, 4.69) is 5.32 Å². The molecule has 5 nitrogen and oxygen atoms in total. The largest absolute Gasteiger partial charge is 0.488 e. The van der Waals surface area contributed by atoms with E-state index in [-0.39, 0.29) is 23.7 Å². The second-order valence-corrected chi connectivity index (χ2v) is 6.52. The number of likely N-dealkylation sites (tertiary alicyclic amines) is 1. The number of urea groups is 1. The standard InChI is InChI=1S/C19H18ClFN2O3/c1-12(24)17-6-5-14(10-18(17)20)22-19(25)23-8-7-16(11-23)26-15-4-2-3-13(21)9-15/h2-6,9-10,16H,7-8,11H2,1H3,(H,22,25). The molecule has 1 atom stereocenters. The first-order valence-corrected chi connectivity index (χ1v) is 8.59. The molecule has 0 bridgehead atoms. The molecule has 1 fully saturated rings. The van der Waals surface area contributed by atoms with Crippen molar-refractivity contribution in [2.24, 2.45) is 0 Å². The summed E-state index contributed by atoms with van der Waals surface area (Å²) in [6, 6.07) is 10.4. The third-order valence-electron chi connectivity index (χ3n) is 4.13. The molecule has 2 aromatic rings. The molecule has 2 amide bonds. The number of benzene rings is 2. The van der Waals surface area contributed by atoms with Gasteiger partial charge in [-0.3, -0.25) is 4.79 Å². The highest BCUT2D eigenvalue weighted by molar-refractivity contribution is 6.34. The number of carbonyl (C=O) groups excluding carboxylic acids is 2. The van der Waals surface area contributed by atoms with Gasteiger partial charge in [0, 0.05) is 30.3 Å². The van der Waals surface area contributed by atoms with Crippen LogP contribution in [0.4, 0.5) is 14.9 Å². The number of ether oxygens (including phenoxy) is 1. The van der Waals surface area contributed by atoms with Crippen molar-refractivity contribution in [2.75, 3.05) is 18.4 Å². The van der Waals surface area contributed by atoms with Gasteiger partial charge < -0.3 is 15.0 Å². The summed E-state index contributed by atoms with van der Waals surface area (Å²) in [5.41, 5.74) is 0.925. The Kier molecular flexibility index (Phi) is 5.42. The van der Waals surface area contributed by atoms with E-state index in [0.717, 1.165) is 0 Å². The van der Waals surface area contributed by atoms with E-state index in [9.17, 15) is 14.0 Å². The second-order valence-electron chi connectivity index (χ2n) is 6.11. The number of ketones is 1. The van der Waals surface area contributed by atoms with Crippen LogP contribution in [0.3, 0.4) is 0 Å². The average molecular weight is 377 g/mol. The zero-order valence-electron chi connectivity index (χ0n) is 14.2. The first kappa shape index (κ1) is 18.2. The molecule has 2 aromatic carbocycles. The number of hydrogen-bond acceptors (Lipinski definition) is 3. The number of rotatable bonds is 4. The number of anilines is 1. The van der Waals surface area contributed by atoms with E-state index < -0.39 is 0 Å². The van der Waals surface area contributed by atoms with Gasteiger partial charge in [-0.15, -0.1) is 0 Å². The monoisotopic (exact) mass is 376 g/mol. The normalized spacial score (nSPS) is 16.4. The zero-order valence-corrected chi connectivity index (χ0v) is 14.9. The lowest BCUT2D eigenvalue weighted by Crippen LogP contribution is -2.34. The highest BCUT2D eigenvalue weighted by Crippen LogP contribution is 2.23. The predicted molar refractivity (Wildman–Crippen MR) is 97.5 cm³/mol. The average Bonchev–Trinajstić information content (AvgIpc) is 3.03. The van der Waals surface area contributed by atoms with Crippen LogP contribution in [0.25, 0.3) is 0 Å². The number of amides is 2. The molecular weight excluding hydrogens is 359 g/mol. The molecule has 26 heavy (non-hydrogen) atoms. The SMILES string of the molecule is CC(=O)c1ccc(NC(=O)N2CCC(Oc3cccc(F)c3)C2)cc1Cl. The Morgan fingerprint density at radius 3 is 2.77 bits per heavy atom. The number of halogens is 2. The molecule has 3 rings (SSSR count). The third kappa shape index (κ3) is 4.32. The Morgan fingerprint density at radius 2 is 2.08 bits per heavy atom. The minimum absolute atomic E-state index is 0.134. The first-order valence-electron chi connectivity index (χ1n) is 8.21. The maximum atomic E-state index is 13.2. The van der Waals surface area contributed by atoms with Crippen molar-refractivity contribution < 1.29 is 18.7 Å². The molecule has 1 heterocycles. The number of hydrogen-bond donors (Lipinski definition) is 1. The van der Waals surface area contributed by atoms with Crippen LogP contribution < -0.4 is 10.1 Å². The Hall–Kier alpha value is -2.60. The van der Waals surface area contributed by atoms with Gasteiger partial charge in [0.2, 0.25) is 0 Å². The fourth-order valence-electron chi connectivity index (χ4n) is 2.82. The molecule has 1 N–H and O–H groups in total. The fraction of sp³-hybridized carbons (Fsp3) is 0.263. The van der Waals surface area contributed by atoms with Crippen molar-refractivity contribution in [3.63, 3.8) is 0 Å². The fourth-order valence-corrected chi connectivity index (χ4v) is 3.14. The summed E-state index contributed by atoms with van der Waals surface area (Å²) in [5, 5.41) is 3.06. The molecule has 0 aromatic heterocycles. The van der Waals surface area contributed by atoms with E-state index in [1.54, 1.807) is 35.2 Å². The van der Waals surface area contributed by atoms with Gasteiger partial charge in [-0.2, -0.15) is 0 Å². The summed E-state index contributed by atoms with van der Waals surface area (Å²) < 4.78 is 18.9. The molecule has 1 aliphatic rings. The lowest BCUT2D eigenvalue weighted by molar-refractivity contribution is 0.101. The van der Waals surface area contributed by atoms with Gasteiger partial charge in [0.15, 0.2) is 5.78 Å². The Morgan fingerprint density at radius 1 is 1.27 bits per heavy atom. The van der Waals surface area contributed by atoms with E-state index in [1.807, 2.05) is 0 Å². The maximum Gasteiger partial charge on any atom is 0.321 e. The van der Waals surface area contributed by atoms with Crippen molar-refractivity contribution in [1.29, 1.82) is 0 Å². The lowest BCUT2D eigenvalue weighted by atomic mass is 10.1. The second kappa shape index (κ2) is 7.74. The molecule has 0 aliphatic carbocycles. The molecule has 136 valence electrons. The van der Waals surface area contributed by atoms with Crippen LogP contribution >= 0.6 is 11.6 Å². The quantitative estimate of drug-likeness (QED) is 0.806. The van der Waals surface area contributed by atoms with Crippen LogP contribution in [0.15, 0.2) is 42.5 Å². The predicted octanol–water partition coefficient (Wildman–Crippen LogP) is 4.37. The Labute approximate surface area is 155 Å². The Balaban J connectivity index is 1.58. The summed E-state index contributed by atoms with van der Waals surface area (Å²) in [6.07, 6.45) is 0.472. The van der Waals surface area contributed by atoms with Crippen LogP contribution in [0.2, 0.25) is 5.02 Å². The number of Topliss-reactive ketones (excluding diaryl/α,β-unsaturated/α-hetero) is 1. The molecule has 0 radical (unpaired) electrons. The molecule has 1 saturated heterocycles. The van der Waals surface area contributed by atoms with Crippen molar-refractivity contribution in [3.05, 3.63) is 58.9 Å². The minimum atomic E-state index is -0.360. The van der Waals surface area contributed by atoms with E-state index in [4.69, 9.17) is 16.3 Å². The highest BCUT2D eigenvalue weighted by Gasteiger charge is 2.28. The number of nitrogens with one attached hydrogen (secondary N) is 1. The van der Waals surface area contributed by atoms with Gasteiger partial charge in [-0.1, -0.05) is 17.7 Å². The highest BCUT2D eigenvalue weighted by atomic mass is 35.5. The van der Waals surface area contributed by atoms with Gasteiger partial charge in [0.1, 0.15) is 17.7 Å². The van der Waals surface area contributed by atoms with E-state index in [1.165, 1.54) is 19.1 Å². The summed E-state index contributed by atoms with van der Waals surface area (Å²) >= 11 is 6.06. The first-order chi connectivity index (χ1) is 12.4. The minimum Gasteiger partial charge on any atom is -0.488 e. The van der Waals surface area contributed by atoms with E-state index in [0.29, 0.717) is 41.5 Å². The molecular formula is C19H18ClFN2O3. The van der Waals surface area contributed by atoms with Crippen LogP contribution in [0.1, 0.15) is 23.7 Å². The summed E-state index contributed by atoms with van der Waals surface area (Å²) in [6.45, 7) is 2.37. The van der Waals surface area contributed by atoms with Crippen molar-refractivity contribution in [1.82, 2.24) is 4.90 Å². The summed E-state index contributed by atoms with van der Waals surface area (Å²) in [7, 11) is 0. The summed E-state index contributed by atoms with van der Waals surface area (Å²) in [5.74, 6) is -0.0467. The lowest BCUT2D eigenvalue weighted by Gasteiger charge is -2.18. The zero-order chi connectivity index (χ0) is 18.7. The van der Waals surface area contributed by atoms with Gasteiger partial charge in [0.25, 0.3) is 0 Å². The molecule has 7 heteroatoms. The molecule has 1 unspecified atom stereocenters. The van der Waals surface area contributed by atoms with Gasteiger partial charge >= 0.3 is 6.03 Å². The smallest absolute Gasteiger partial charge is 0.321 e. The molecule has 0 saturated carbocycles. The van der Waals surface area contributed by atoms with Crippen LogP contribution in [0, 0.1) is 5.82 Å². The Bertz CT molecular complexity index is 843. The third-order valence-corrected chi connectivity index (χ3v) is 4.44. The van der Waals surface area contributed by atoms with Crippen molar-refractivity contribution >= 4 is 29.1 Å². The van der Waals surface area contributed by atoms with Gasteiger partial charge in [0.05, 0.1) is 11.6 Å². The summed E-state index contributed by atoms with van der Waals surface area (Å²) in [4.78, 5) is 25.4. The van der Waals surface area contributed by atoms with Crippen molar-refractivity contribution in [2.45, 2.75) is 19.4 Å². The molecule has 1 aliphatic heterocycles. The van der Waals surface area contributed by atoms with Crippen molar-refractivity contribution in [3.8, 4) is 5.75 Å². The van der Waals surface area contributed by atoms with Crippen LogP contribution in [-0.2, 0) is 0 Å². The number of carbonyl (C=O) groups is 2.